The Morgan fingerprint density at radius 1 is 0.459 bits per heavy atom. The van der Waals surface area contributed by atoms with Crippen molar-refractivity contribution < 1.29 is 56.9 Å². The molecule has 5 aliphatic rings. The molecule has 0 aliphatic carbocycles. The summed E-state index contributed by atoms with van der Waals surface area (Å²) in [5.74, 6) is 4.98. The maximum absolute atomic E-state index is 2.68. The lowest BCUT2D eigenvalue weighted by Crippen LogP contribution is -3.00. The standard InChI is InChI=1S/C33H64N2.2HI/c1-29-17-13-9-8-11-15-19-31-27-34(2)22-16-12-7-5-4-6-10-14-18-30-25-32(33(31)21-24-34)28-35(3,26-30)23-20-29;;/h29-33H,4-28H2,1-3H3;2*1H/q+2;;/p-2/t29-,30-,31+,32+,33-,34?,35?;;/m0../s1. The van der Waals surface area contributed by atoms with Crippen LogP contribution in [-0.2, 0) is 0 Å². The van der Waals surface area contributed by atoms with Gasteiger partial charge in [0.05, 0.1) is 53.4 Å². The number of hydrogen-bond acceptors (Lipinski definition) is 0. The molecule has 4 heteroatoms. The van der Waals surface area contributed by atoms with Crippen molar-refractivity contribution >= 4 is 0 Å². The number of hydrogen-bond donors (Lipinski definition) is 0. The summed E-state index contributed by atoms with van der Waals surface area (Å²) >= 11 is 0. The van der Waals surface area contributed by atoms with E-state index in [2.05, 4.69) is 21.0 Å². The van der Waals surface area contributed by atoms with Crippen molar-refractivity contribution in [2.45, 2.75) is 129 Å². The summed E-state index contributed by atoms with van der Waals surface area (Å²) in [5, 5.41) is 0. The summed E-state index contributed by atoms with van der Waals surface area (Å²) in [6.07, 6.45) is 28.6. The molecule has 0 radical (unpaired) electrons. The van der Waals surface area contributed by atoms with E-state index in [-0.39, 0.29) is 48.0 Å². The zero-order valence-corrected chi connectivity index (χ0v) is 29.5. The largest absolute Gasteiger partial charge is 1.00 e. The Morgan fingerprint density at radius 3 is 1.70 bits per heavy atom. The van der Waals surface area contributed by atoms with Gasteiger partial charge in [-0.05, 0) is 50.4 Å². The lowest BCUT2D eigenvalue weighted by atomic mass is 9.68. The van der Waals surface area contributed by atoms with E-state index in [9.17, 15) is 0 Å². The van der Waals surface area contributed by atoms with Crippen molar-refractivity contribution in [1.29, 1.82) is 0 Å². The summed E-state index contributed by atoms with van der Waals surface area (Å²) in [7, 11) is 5.33. The third-order valence-corrected chi connectivity index (χ3v) is 11.4. The van der Waals surface area contributed by atoms with Crippen molar-refractivity contribution in [2.75, 3.05) is 53.4 Å². The molecule has 6 bridgehead atoms. The first-order valence-corrected chi connectivity index (χ1v) is 16.6. The minimum atomic E-state index is 0. The number of rotatable bonds is 0. The zero-order valence-electron chi connectivity index (χ0n) is 25.2. The number of piperidine rings is 2. The first kappa shape index (κ1) is 34.6. The molecule has 0 amide bonds. The molecule has 0 aromatic rings. The molecular weight excluding hydrogens is 678 g/mol. The first-order valence-electron chi connectivity index (χ1n) is 16.6. The molecular formula is C33H64I2N2. The second-order valence-electron chi connectivity index (χ2n) is 14.9. The fraction of sp³-hybridized carbons (Fsp3) is 1.00. The molecule has 2 nitrogen and oxygen atoms in total. The van der Waals surface area contributed by atoms with Gasteiger partial charge in [0.2, 0.25) is 0 Å². The van der Waals surface area contributed by atoms with Crippen LogP contribution in [0.25, 0.3) is 0 Å². The van der Waals surface area contributed by atoms with Gasteiger partial charge in [-0.3, -0.25) is 0 Å². The smallest absolute Gasteiger partial charge is 0.0816 e. The number of fused-ring (bicyclic) bond motifs is 11. The lowest BCUT2D eigenvalue weighted by Gasteiger charge is -2.52. The van der Waals surface area contributed by atoms with Crippen LogP contribution in [-0.4, -0.2) is 62.3 Å². The van der Waals surface area contributed by atoms with Crippen molar-refractivity contribution in [3.8, 4) is 0 Å². The molecule has 220 valence electrons. The molecule has 2 unspecified atom stereocenters. The summed E-state index contributed by atoms with van der Waals surface area (Å²) < 4.78 is 2.82. The van der Waals surface area contributed by atoms with Crippen molar-refractivity contribution in [3.63, 3.8) is 0 Å². The van der Waals surface area contributed by atoms with Crippen LogP contribution >= 0.6 is 0 Å². The highest BCUT2D eigenvalue weighted by Gasteiger charge is 2.46. The molecule has 5 heterocycles. The molecule has 0 aromatic heterocycles. The number of nitrogens with zero attached hydrogens (tertiary/aromatic N) is 2. The maximum atomic E-state index is 2.68. The van der Waals surface area contributed by atoms with Crippen LogP contribution in [0.3, 0.4) is 0 Å². The van der Waals surface area contributed by atoms with Gasteiger partial charge < -0.3 is 56.9 Å². The van der Waals surface area contributed by atoms with E-state index < -0.39 is 0 Å². The summed E-state index contributed by atoms with van der Waals surface area (Å²) in [4.78, 5) is 0. The average molecular weight is 743 g/mol. The van der Waals surface area contributed by atoms with E-state index in [1.54, 1.807) is 12.8 Å². The van der Waals surface area contributed by atoms with Crippen molar-refractivity contribution in [1.82, 2.24) is 0 Å². The molecule has 0 N–H and O–H groups in total. The third-order valence-electron chi connectivity index (χ3n) is 11.4. The van der Waals surface area contributed by atoms with Gasteiger partial charge in [0.1, 0.15) is 0 Å². The minimum absolute atomic E-state index is 0. The van der Waals surface area contributed by atoms with Crippen molar-refractivity contribution in [2.24, 2.45) is 29.6 Å². The summed E-state index contributed by atoms with van der Waals surface area (Å²) in [6, 6.07) is 0. The Morgan fingerprint density at radius 2 is 1.00 bits per heavy atom. The molecule has 0 spiro atoms. The number of quaternary nitrogens is 2. The minimum Gasteiger partial charge on any atom is -1.00 e. The Balaban J connectivity index is 0.00000241. The van der Waals surface area contributed by atoms with E-state index >= 15 is 0 Å². The van der Waals surface area contributed by atoms with Gasteiger partial charge in [-0.2, -0.15) is 0 Å². The van der Waals surface area contributed by atoms with Crippen LogP contribution in [0.15, 0.2) is 0 Å². The molecule has 5 fully saturated rings. The topological polar surface area (TPSA) is 0 Å². The van der Waals surface area contributed by atoms with Crippen LogP contribution in [0.5, 0.6) is 0 Å². The van der Waals surface area contributed by atoms with Gasteiger partial charge in [0, 0.05) is 24.2 Å². The molecule has 7 atom stereocenters. The molecule has 5 rings (SSSR count). The van der Waals surface area contributed by atoms with Crippen LogP contribution < -0.4 is 48.0 Å². The Bertz CT molecular complexity index is 615. The van der Waals surface area contributed by atoms with Crippen molar-refractivity contribution in [3.05, 3.63) is 0 Å². The van der Waals surface area contributed by atoms with Crippen LogP contribution in [0, 0.1) is 29.6 Å². The van der Waals surface area contributed by atoms with Gasteiger partial charge in [0.25, 0.3) is 0 Å². The molecule has 5 aliphatic heterocycles. The fourth-order valence-corrected chi connectivity index (χ4v) is 9.25. The second kappa shape index (κ2) is 17.4. The van der Waals surface area contributed by atoms with Gasteiger partial charge >= 0.3 is 0 Å². The van der Waals surface area contributed by atoms with Gasteiger partial charge in [0.15, 0.2) is 0 Å². The van der Waals surface area contributed by atoms with Gasteiger partial charge in [-0.1, -0.05) is 84.0 Å². The summed E-state index contributed by atoms with van der Waals surface area (Å²) in [6.45, 7) is 11.5. The normalized spacial score (nSPS) is 41.4. The van der Waals surface area contributed by atoms with Gasteiger partial charge in [-0.25, -0.2) is 0 Å². The quantitative estimate of drug-likeness (QED) is 0.265. The van der Waals surface area contributed by atoms with E-state index in [4.69, 9.17) is 0 Å². The maximum Gasteiger partial charge on any atom is 0.0816 e. The van der Waals surface area contributed by atoms with Crippen LogP contribution in [0.1, 0.15) is 129 Å². The molecule has 0 aromatic carbocycles. The monoisotopic (exact) mass is 742 g/mol. The Kier molecular flexibility index (Phi) is 16.2. The first-order chi connectivity index (χ1) is 16.9. The second-order valence-corrected chi connectivity index (χ2v) is 14.9. The van der Waals surface area contributed by atoms with Gasteiger partial charge in [-0.15, -0.1) is 0 Å². The Hall–Kier alpha value is 1.38. The molecule has 5 saturated heterocycles. The highest BCUT2D eigenvalue weighted by molar-refractivity contribution is 4.85. The third kappa shape index (κ3) is 11.3. The average Bonchev–Trinajstić information content (AvgIpc) is 2.82. The molecule has 0 saturated carbocycles. The molecule has 37 heavy (non-hydrogen) atoms. The number of halogens is 2. The Labute approximate surface area is 267 Å². The van der Waals surface area contributed by atoms with E-state index in [1.807, 2.05) is 0 Å². The SMILES string of the molecule is C[C@H]1CCCCCCC[C@@H]2C[N+]3(C)CCCCCCCCCC[C@H]4C[C@H](C[N+](C)(CC1)C4)[C@H]2CC3.[I-].[I-]. The lowest BCUT2D eigenvalue weighted by molar-refractivity contribution is -0.927. The van der Waals surface area contributed by atoms with E-state index in [1.165, 1.54) is 157 Å². The van der Waals surface area contributed by atoms with E-state index in [0.29, 0.717) is 0 Å². The van der Waals surface area contributed by atoms with E-state index in [0.717, 1.165) is 29.6 Å². The highest BCUT2D eigenvalue weighted by Crippen LogP contribution is 2.43. The summed E-state index contributed by atoms with van der Waals surface area (Å²) in [5.41, 5.74) is 0. The predicted molar refractivity (Wildman–Crippen MR) is 152 cm³/mol. The van der Waals surface area contributed by atoms with Crippen LogP contribution in [0.4, 0.5) is 0 Å². The van der Waals surface area contributed by atoms with Crippen LogP contribution in [0.2, 0.25) is 0 Å². The fourth-order valence-electron chi connectivity index (χ4n) is 9.25. The zero-order chi connectivity index (χ0) is 24.6. The predicted octanol–water partition coefficient (Wildman–Crippen LogP) is 2.45. The highest BCUT2D eigenvalue weighted by atomic mass is 127.